The van der Waals surface area contributed by atoms with Gasteiger partial charge in [0.25, 0.3) is 0 Å². The highest BCUT2D eigenvalue weighted by Gasteiger charge is 2.36. The average Bonchev–Trinajstić information content (AvgIpc) is 2.34. The number of hydrogen-bond acceptors (Lipinski definition) is 3. The van der Waals surface area contributed by atoms with E-state index in [-0.39, 0.29) is 17.0 Å². The zero-order chi connectivity index (χ0) is 13.9. The lowest BCUT2D eigenvalue weighted by molar-refractivity contribution is -0.138. The monoisotopic (exact) mass is 277 g/mol. The Bertz CT molecular complexity index is 520. The maximum absolute atomic E-state index is 12.7. The van der Waals surface area contributed by atoms with Gasteiger partial charge in [-0.05, 0) is 17.7 Å². The minimum Gasteiger partial charge on any atom is -0.465 e. The summed E-state index contributed by atoms with van der Waals surface area (Å²) < 4.78 is 42.5. The summed E-state index contributed by atoms with van der Waals surface area (Å²) >= 11 is 5.51. The zero-order valence-corrected chi connectivity index (χ0v) is 9.89. The van der Waals surface area contributed by atoms with Crippen LogP contribution >= 0.6 is 11.6 Å². The SMILES string of the molecule is COC(=O)c1cc(CCl)c(C#N)cc1C(F)(F)F. The second-order valence-electron chi connectivity index (χ2n) is 3.29. The molecule has 3 nitrogen and oxygen atoms in total. The number of nitrogens with zero attached hydrogens (tertiary/aromatic N) is 1. The van der Waals surface area contributed by atoms with Gasteiger partial charge in [-0.1, -0.05) is 0 Å². The molecular formula is C11H7ClF3NO2. The predicted molar refractivity (Wildman–Crippen MR) is 57.1 cm³/mol. The second kappa shape index (κ2) is 5.27. The van der Waals surface area contributed by atoms with Crippen molar-refractivity contribution >= 4 is 17.6 Å². The first-order valence-electron chi connectivity index (χ1n) is 4.63. The Balaban J connectivity index is 3.58. The van der Waals surface area contributed by atoms with Crippen LogP contribution < -0.4 is 0 Å². The van der Waals surface area contributed by atoms with Gasteiger partial charge in [-0.3, -0.25) is 0 Å². The van der Waals surface area contributed by atoms with Crippen molar-refractivity contribution in [1.29, 1.82) is 5.26 Å². The first-order chi connectivity index (χ1) is 8.35. The molecule has 0 saturated heterocycles. The second-order valence-corrected chi connectivity index (χ2v) is 3.56. The standard InChI is InChI=1S/C11H7ClF3NO2/c1-18-10(17)8-2-6(4-12)7(5-16)3-9(8)11(13,14)15/h2-3H,4H2,1H3. The smallest absolute Gasteiger partial charge is 0.417 e. The summed E-state index contributed by atoms with van der Waals surface area (Å²) in [4.78, 5) is 11.3. The number of nitriles is 1. The molecule has 1 aromatic carbocycles. The molecule has 0 heterocycles. The predicted octanol–water partition coefficient (Wildman–Crippen LogP) is 3.10. The molecule has 0 radical (unpaired) electrons. The number of carbonyl (C=O) groups excluding carboxylic acids is 1. The van der Waals surface area contributed by atoms with Crippen LogP contribution in [0.5, 0.6) is 0 Å². The van der Waals surface area contributed by atoms with Crippen LogP contribution in [0.3, 0.4) is 0 Å². The van der Waals surface area contributed by atoms with E-state index in [4.69, 9.17) is 16.9 Å². The molecule has 7 heteroatoms. The third-order valence-corrected chi connectivity index (χ3v) is 2.51. The minimum atomic E-state index is -4.75. The number of halogens is 4. The van der Waals surface area contributed by atoms with Crippen molar-refractivity contribution in [2.75, 3.05) is 7.11 Å². The maximum Gasteiger partial charge on any atom is 0.417 e. The third-order valence-electron chi connectivity index (χ3n) is 2.22. The van der Waals surface area contributed by atoms with Crippen LogP contribution in [0, 0.1) is 11.3 Å². The van der Waals surface area contributed by atoms with Gasteiger partial charge in [0.15, 0.2) is 0 Å². The van der Waals surface area contributed by atoms with Crippen molar-refractivity contribution in [3.05, 3.63) is 34.4 Å². The van der Waals surface area contributed by atoms with Gasteiger partial charge in [0.1, 0.15) is 0 Å². The maximum atomic E-state index is 12.7. The van der Waals surface area contributed by atoms with Gasteiger partial charge in [-0.2, -0.15) is 18.4 Å². The molecule has 0 amide bonds. The number of benzene rings is 1. The van der Waals surface area contributed by atoms with E-state index in [2.05, 4.69) is 4.74 Å². The number of ether oxygens (including phenoxy) is 1. The van der Waals surface area contributed by atoms with Crippen LogP contribution in [-0.4, -0.2) is 13.1 Å². The summed E-state index contributed by atoms with van der Waals surface area (Å²) in [6, 6.07) is 3.14. The summed E-state index contributed by atoms with van der Waals surface area (Å²) in [7, 11) is 0.973. The number of esters is 1. The number of methoxy groups -OCH3 is 1. The van der Waals surface area contributed by atoms with Gasteiger partial charge < -0.3 is 4.74 Å². The number of carbonyl (C=O) groups is 1. The highest BCUT2D eigenvalue weighted by Crippen LogP contribution is 2.34. The van der Waals surface area contributed by atoms with E-state index in [0.29, 0.717) is 6.07 Å². The van der Waals surface area contributed by atoms with E-state index >= 15 is 0 Å². The quantitative estimate of drug-likeness (QED) is 0.616. The fraction of sp³-hybridized carbons (Fsp3) is 0.273. The fourth-order valence-corrected chi connectivity index (χ4v) is 1.59. The molecule has 0 aliphatic rings. The van der Waals surface area contributed by atoms with Crippen molar-refractivity contribution in [3.8, 4) is 6.07 Å². The first kappa shape index (κ1) is 14.3. The average molecular weight is 278 g/mol. The van der Waals surface area contributed by atoms with Crippen molar-refractivity contribution in [1.82, 2.24) is 0 Å². The summed E-state index contributed by atoms with van der Waals surface area (Å²) in [5.74, 6) is -1.30. The molecule has 0 spiro atoms. The summed E-state index contributed by atoms with van der Waals surface area (Å²) in [5, 5.41) is 8.73. The molecule has 0 unspecified atom stereocenters. The highest BCUT2D eigenvalue weighted by atomic mass is 35.5. The molecule has 1 rings (SSSR count). The van der Waals surface area contributed by atoms with E-state index in [1.165, 1.54) is 0 Å². The summed E-state index contributed by atoms with van der Waals surface area (Å²) in [5.41, 5.74) is -1.93. The van der Waals surface area contributed by atoms with E-state index in [0.717, 1.165) is 13.2 Å². The molecule has 18 heavy (non-hydrogen) atoms. The lowest BCUT2D eigenvalue weighted by atomic mass is 9.99. The lowest BCUT2D eigenvalue weighted by Gasteiger charge is -2.13. The van der Waals surface area contributed by atoms with Crippen molar-refractivity contribution in [3.63, 3.8) is 0 Å². The van der Waals surface area contributed by atoms with Gasteiger partial charge in [0.05, 0.1) is 29.9 Å². The van der Waals surface area contributed by atoms with Crippen LogP contribution in [0.1, 0.15) is 27.0 Å². The Morgan fingerprint density at radius 2 is 2.11 bits per heavy atom. The topological polar surface area (TPSA) is 50.1 Å². The molecule has 0 aliphatic carbocycles. The molecule has 0 atom stereocenters. The summed E-state index contributed by atoms with van der Waals surface area (Å²) in [6.07, 6.45) is -4.75. The molecule has 0 aliphatic heterocycles. The fourth-order valence-electron chi connectivity index (χ4n) is 1.37. The van der Waals surface area contributed by atoms with Crippen molar-refractivity contribution < 1.29 is 22.7 Å². The van der Waals surface area contributed by atoms with E-state index in [9.17, 15) is 18.0 Å². The molecule has 0 N–H and O–H groups in total. The van der Waals surface area contributed by atoms with Gasteiger partial charge >= 0.3 is 12.1 Å². The van der Waals surface area contributed by atoms with Gasteiger partial charge in [0.2, 0.25) is 0 Å². The Morgan fingerprint density at radius 1 is 1.50 bits per heavy atom. The van der Waals surface area contributed by atoms with Gasteiger partial charge in [-0.25, -0.2) is 4.79 Å². The zero-order valence-electron chi connectivity index (χ0n) is 9.14. The molecular weight excluding hydrogens is 271 g/mol. The molecule has 0 fully saturated rings. The molecule has 0 saturated carbocycles. The Morgan fingerprint density at radius 3 is 2.50 bits per heavy atom. The largest absolute Gasteiger partial charge is 0.465 e. The van der Waals surface area contributed by atoms with Crippen LogP contribution in [0.4, 0.5) is 13.2 Å². The molecule has 1 aromatic rings. The van der Waals surface area contributed by atoms with E-state index in [1.54, 1.807) is 6.07 Å². The lowest BCUT2D eigenvalue weighted by Crippen LogP contribution is -2.15. The van der Waals surface area contributed by atoms with Crippen LogP contribution in [0.2, 0.25) is 0 Å². The van der Waals surface area contributed by atoms with Crippen LogP contribution in [0.15, 0.2) is 12.1 Å². The molecule has 0 aromatic heterocycles. The van der Waals surface area contributed by atoms with Crippen molar-refractivity contribution in [2.45, 2.75) is 12.1 Å². The number of hydrogen-bond donors (Lipinski definition) is 0. The van der Waals surface area contributed by atoms with E-state index in [1.807, 2.05) is 0 Å². The Kier molecular flexibility index (Phi) is 4.19. The van der Waals surface area contributed by atoms with Crippen LogP contribution in [-0.2, 0) is 16.8 Å². The summed E-state index contributed by atoms with van der Waals surface area (Å²) in [6.45, 7) is 0. The Hall–Kier alpha value is -1.74. The highest BCUT2D eigenvalue weighted by molar-refractivity contribution is 6.17. The van der Waals surface area contributed by atoms with Crippen LogP contribution in [0.25, 0.3) is 0 Å². The third kappa shape index (κ3) is 2.74. The normalized spacial score (nSPS) is 10.9. The number of rotatable bonds is 2. The molecule has 96 valence electrons. The Labute approximate surface area is 106 Å². The van der Waals surface area contributed by atoms with E-state index < -0.39 is 23.3 Å². The van der Waals surface area contributed by atoms with Gasteiger partial charge in [-0.15, -0.1) is 11.6 Å². The van der Waals surface area contributed by atoms with Crippen molar-refractivity contribution in [2.24, 2.45) is 0 Å². The first-order valence-corrected chi connectivity index (χ1v) is 5.17. The number of alkyl halides is 4. The minimum absolute atomic E-state index is 0.146. The van der Waals surface area contributed by atoms with Gasteiger partial charge in [0, 0.05) is 5.88 Å². The molecule has 0 bridgehead atoms.